The maximum Gasteiger partial charge on any atom is 0.285 e. The summed E-state index contributed by atoms with van der Waals surface area (Å²) in [6, 6.07) is 12.4. The van der Waals surface area contributed by atoms with Crippen molar-refractivity contribution < 1.29 is 9.59 Å². The molecule has 0 fully saturated rings. The summed E-state index contributed by atoms with van der Waals surface area (Å²) < 4.78 is 3.29. The van der Waals surface area contributed by atoms with Crippen molar-refractivity contribution in [1.82, 2.24) is 39.0 Å². The lowest BCUT2D eigenvalue weighted by Crippen LogP contribution is -2.18. The first kappa shape index (κ1) is 35.0. The van der Waals surface area contributed by atoms with Crippen molar-refractivity contribution in [3.8, 4) is 35.1 Å². The summed E-state index contributed by atoms with van der Waals surface area (Å²) in [5, 5.41) is 1.04. The Morgan fingerprint density at radius 2 is 1.18 bits per heavy atom. The molecule has 0 unspecified atom stereocenters. The Morgan fingerprint density at radius 1 is 0.640 bits per heavy atom. The van der Waals surface area contributed by atoms with E-state index in [0.29, 0.717) is 55.5 Å². The molecule has 12 nitrogen and oxygen atoms in total. The third kappa shape index (κ3) is 8.20. The van der Waals surface area contributed by atoms with Gasteiger partial charge in [0.15, 0.2) is 0 Å². The molecule has 0 aliphatic heterocycles. The van der Waals surface area contributed by atoms with Crippen molar-refractivity contribution in [3.63, 3.8) is 0 Å². The molecule has 0 atom stereocenters. The van der Waals surface area contributed by atoms with Crippen LogP contribution in [-0.4, -0.2) is 50.9 Å². The second-order valence-electron chi connectivity index (χ2n) is 10.7. The van der Waals surface area contributed by atoms with Crippen molar-refractivity contribution in [1.29, 1.82) is 0 Å². The maximum absolute atomic E-state index is 11.8. The molecule has 14 heteroatoms. The molecule has 0 saturated heterocycles. The number of nitrogens with two attached hydrogens (primary N) is 2. The van der Waals surface area contributed by atoms with Crippen LogP contribution in [0.25, 0.3) is 11.4 Å². The predicted molar refractivity (Wildman–Crippen MR) is 189 cm³/mol. The molecule has 0 spiro atoms. The fourth-order valence-corrected chi connectivity index (χ4v) is 4.93. The standard InChI is InChI=1S/2C18H14ClN5O/c1-11-3-5-15(10-22-11)24-12(2)16(23-18(24)17(20)25)6-4-13-7-14(19)9-21-8-13;1-11-3-5-15(10-22-11)24-12(2)16(23-18(24)17(20)25)6-4-14-9-13(19)7-8-21-14/h2*3,5,7-10H,1-2H3,(H2,20,25). The zero-order chi connectivity index (χ0) is 35.9. The summed E-state index contributed by atoms with van der Waals surface area (Å²) in [4.78, 5) is 48.7. The second kappa shape index (κ2) is 15.3. The average molecular weight is 704 g/mol. The SMILES string of the molecule is Cc1ccc(-n2c(C(N)=O)nc(C#Cc3cc(Cl)ccn3)c2C)cn1.Cc1ccc(-n2c(C(N)=O)nc(C#Cc3cncc(Cl)c3)c2C)cn1. The summed E-state index contributed by atoms with van der Waals surface area (Å²) in [7, 11) is 0. The number of primary amides is 2. The smallest absolute Gasteiger partial charge is 0.285 e. The van der Waals surface area contributed by atoms with Gasteiger partial charge in [-0.05, 0) is 87.9 Å². The number of amides is 2. The van der Waals surface area contributed by atoms with Gasteiger partial charge < -0.3 is 11.5 Å². The third-order valence-corrected chi connectivity index (χ3v) is 7.47. The largest absolute Gasteiger partial charge is 0.363 e. The number of pyridine rings is 4. The van der Waals surface area contributed by atoms with Gasteiger partial charge in [-0.3, -0.25) is 33.7 Å². The lowest BCUT2D eigenvalue weighted by atomic mass is 10.2. The molecule has 0 radical (unpaired) electrons. The fourth-order valence-electron chi connectivity index (χ4n) is 4.59. The molecule has 248 valence electrons. The lowest BCUT2D eigenvalue weighted by molar-refractivity contribution is 0.0980. The summed E-state index contributed by atoms with van der Waals surface area (Å²) >= 11 is 11.8. The Morgan fingerprint density at radius 3 is 1.64 bits per heavy atom. The highest BCUT2D eigenvalue weighted by Gasteiger charge is 2.19. The van der Waals surface area contributed by atoms with Gasteiger partial charge in [0, 0.05) is 40.6 Å². The van der Waals surface area contributed by atoms with E-state index < -0.39 is 11.8 Å². The molecular weight excluding hydrogens is 675 g/mol. The number of imidazole rings is 2. The van der Waals surface area contributed by atoms with Crippen LogP contribution in [-0.2, 0) is 0 Å². The molecule has 4 N–H and O–H groups in total. The molecule has 6 aromatic rings. The van der Waals surface area contributed by atoms with E-state index in [1.165, 1.54) is 6.20 Å². The first-order valence-electron chi connectivity index (χ1n) is 14.8. The highest BCUT2D eigenvalue weighted by molar-refractivity contribution is 6.30. The van der Waals surface area contributed by atoms with Gasteiger partial charge in [-0.15, -0.1) is 0 Å². The first-order chi connectivity index (χ1) is 23.9. The van der Waals surface area contributed by atoms with E-state index in [9.17, 15) is 9.59 Å². The highest BCUT2D eigenvalue weighted by Crippen LogP contribution is 2.19. The van der Waals surface area contributed by atoms with Crippen LogP contribution in [0.2, 0.25) is 10.0 Å². The van der Waals surface area contributed by atoms with Crippen LogP contribution in [0.3, 0.4) is 0 Å². The number of halogens is 2. The van der Waals surface area contributed by atoms with E-state index >= 15 is 0 Å². The molecule has 0 aliphatic rings. The Bertz CT molecular complexity index is 2190. The van der Waals surface area contributed by atoms with E-state index in [2.05, 4.69) is 53.6 Å². The second-order valence-corrected chi connectivity index (χ2v) is 11.6. The van der Waals surface area contributed by atoms with Gasteiger partial charge in [0.2, 0.25) is 11.6 Å². The Kier molecular flexibility index (Phi) is 10.7. The van der Waals surface area contributed by atoms with Gasteiger partial charge >= 0.3 is 0 Å². The van der Waals surface area contributed by atoms with Crippen molar-refractivity contribution in [3.05, 3.63) is 141 Å². The number of hydrogen-bond donors (Lipinski definition) is 2. The number of aromatic nitrogens is 8. The molecule has 0 aromatic carbocycles. The van der Waals surface area contributed by atoms with E-state index in [1.807, 2.05) is 52.0 Å². The topological polar surface area (TPSA) is 173 Å². The van der Waals surface area contributed by atoms with E-state index in [4.69, 9.17) is 34.7 Å². The van der Waals surface area contributed by atoms with Crippen molar-refractivity contribution in [2.45, 2.75) is 27.7 Å². The summed E-state index contributed by atoms with van der Waals surface area (Å²) in [5.41, 5.74) is 17.5. The molecule has 0 saturated carbocycles. The number of hydrogen-bond acceptors (Lipinski definition) is 8. The summed E-state index contributed by atoms with van der Waals surface area (Å²) in [5.74, 6) is 10.6. The number of aryl methyl sites for hydroxylation is 2. The van der Waals surface area contributed by atoms with Crippen LogP contribution in [0.5, 0.6) is 0 Å². The minimum atomic E-state index is -0.641. The molecule has 0 aliphatic carbocycles. The Hall–Kier alpha value is -6.34. The zero-order valence-corrected chi connectivity index (χ0v) is 28.7. The highest BCUT2D eigenvalue weighted by atomic mass is 35.5. The van der Waals surface area contributed by atoms with Gasteiger partial charge in [-0.1, -0.05) is 29.1 Å². The van der Waals surface area contributed by atoms with Crippen molar-refractivity contribution in [2.24, 2.45) is 11.5 Å². The van der Waals surface area contributed by atoms with Crippen LogP contribution in [0.4, 0.5) is 0 Å². The monoisotopic (exact) mass is 702 g/mol. The van der Waals surface area contributed by atoms with Crippen LogP contribution in [0.1, 0.15) is 66.7 Å². The minimum absolute atomic E-state index is 0.103. The first-order valence-corrected chi connectivity index (χ1v) is 15.6. The van der Waals surface area contributed by atoms with Gasteiger partial charge in [0.25, 0.3) is 11.8 Å². The van der Waals surface area contributed by atoms with Crippen LogP contribution in [0.15, 0.2) is 73.4 Å². The average Bonchev–Trinajstić information content (AvgIpc) is 3.60. The molecule has 6 aromatic heterocycles. The van der Waals surface area contributed by atoms with Crippen molar-refractivity contribution in [2.75, 3.05) is 0 Å². The third-order valence-electron chi connectivity index (χ3n) is 7.02. The number of nitrogens with zero attached hydrogens (tertiary/aromatic N) is 8. The molecule has 6 heterocycles. The number of rotatable bonds is 4. The molecular formula is C36H28Cl2N10O2. The number of carbonyl (C=O) groups is 2. The van der Waals surface area contributed by atoms with Gasteiger partial charge in [0.1, 0.15) is 17.1 Å². The Balaban J connectivity index is 0.000000194. The quantitative estimate of drug-likeness (QED) is 0.245. The molecule has 50 heavy (non-hydrogen) atoms. The minimum Gasteiger partial charge on any atom is -0.363 e. The lowest BCUT2D eigenvalue weighted by Gasteiger charge is -2.07. The number of carbonyl (C=O) groups excluding carboxylic acids is 2. The summed E-state index contributed by atoms with van der Waals surface area (Å²) in [6.07, 6.45) is 8.03. The molecule has 6 rings (SSSR count). The van der Waals surface area contributed by atoms with E-state index in [-0.39, 0.29) is 11.6 Å². The van der Waals surface area contributed by atoms with Gasteiger partial charge in [0.05, 0.1) is 40.2 Å². The fraction of sp³-hybridized carbons (Fsp3) is 0.111. The van der Waals surface area contributed by atoms with Crippen molar-refractivity contribution >= 4 is 35.0 Å². The molecule has 0 bridgehead atoms. The summed E-state index contributed by atoms with van der Waals surface area (Å²) in [6.45, 7) is 7.40. The van der Waals surface area contributed by atoms with E-state index in [1.54, 1.807) is 52.1 Å². The Labute approximate surface area is 297 Å². The van der Waals surface area contributed by atoms with Crippen LogP contribution < -0.4 is 11.5 Å². The molecule has 2 amide bonds. The zero-order valence-electron chi connectivity index (χ0n) is 27.2. The van der Waals surface area contributed by atoms with Crippen LogP contribution >= 0.6 is 23.2 Å². The van der Waals surface area contributed by atoms with E-state index in [0.717, 1.165) is 11.4 Å². The van der Waals surface area contributed by atoms with Gasteiger partial charge in [-0.25, -0.2) is 15.0 Å². The maximum atomic E-state index is 11.8. The van der Waals surface area contributed by atoms with Gasteiger partial charge in [-0.2, -0.15) is 0 Å². The predicted octanol–water partition coefficient (Wildman–Crippen LogP) is 4.86. The van der Waals surface area contributed by atoms with Crippen LogP contribution in [0, 0.1) is 51.4 Å². The normalized spacial score (nSPS) is 10.2.